The largest absolute Gasteiger partial charge is 0.476 e. The summed E-state index contributed by atoms with van der Waals surface area (Å²) in [7, 11) is -3.12. The summed E-state index contributed by atoms with van der Waals surface area (Å²) in [6.45, 7) is 1.67. The van der Waals surface area contributed by atoms with E-state index < -0.39 is 10.0 Å². The van der Waals surface area contributed by atoms with Crippen LogP contribution in [0.15, 0.2) is 12.1 Å². The minimum Gasteiger partial charge on any atom is -0.476 e. The van der Waals surface area contributed by atoms with Gasteiger partial charge in [0, 0.05) is 13.1 Å². The third-order valence-electron chi connectivity index (χ3n) is 3.07. The molecule has 0 aliphatic heterocycles. The third kappa shape index (κ3) is 6.17. The van der Waals surface area contributed by atoms with Crippen LogP contribution in [0.25, 0.3) is 0 Å². The fraction of sp³-hybridized carbons (Fsp3) is 0.615. The van der Waals surface area contributed by atoms with Gasteiger partial charge in [-0.05, 0) is 37.3 Å². The van der Waals surface area contributed by atoms with Crippen LogP contribution in [0.4, 0.5) is 11.5 Å². The van der Waals surface area contributed by atoms with Crippen molar-refractivity contribution in [2.75, 3.05) is 37.0 Å². The molecule has 0 atom stereocenters. The van der Waals surface area contributed by atoms with Crippen molar-refractivity contribution >= 4 is 21.5 Å². The van der Waals surface area contributed by atoms with Crippen molar-refractivity contribution in [2.24, 2.45) is 5.92 Å². The van der Waals surface area contributed by atoms with Crippen LogP contribution in [0.1, 0.15) is 19.3 Å². The molecule has 0 bridgehead atoms. The zero-order valence-electron chi connectivity index (χ0n) is 12.1. The van der Waals surface area contributed by atoms with Crippen LogP contribution < -0.4 is 20.5 Å². The molecule has 21 heavy (non-hydrogen) atoms. The minimum absolute atomic E-state index is 0.395. The predicted octanol–water partition coefficient (Wildman–Crippen LogP) is 0.804. The quantitative estimate of drug-likeness (QED) is 0.582. The molecule has 1 aliphatic carbocycles. The van der Waals surface area contributed by atoms with Crippen molar-refractivity contribution < 1.29 is 13.2 Å². The Balaban J connectivity index is 1.75. The van der Waals surface area contributed by atoms with Gasteiger partial charge >= 0.3 is 0 Å². The molecule has 7 nitrogen and oxygen atoms in total. The van der Waals surface area contributed by atoms with Crippen LogP contribution in [-0.2, 0) is 10.0 Å². The van der Waals surface area contributed by atoms with Gasteiger partial charge in [0.25, 0.3) is 0 Å². The lowest BCUT2D eigenvalue weighted by atomic mass is 10.3. The van der Waals surface area contributed by atoms with E-state index in [0.29, 0.717) is 49.4 Å². The van der Waals surface area contributed by atoms with Gasteiger partial charge in [-0.3, -0.25) is 0 Å². The van der Waals surface area contributed by atoms with Crippen LogP contribution in [-0.4, -0.2) is 39.4 Å². The van der Waals surface area contributed by atoms with Gasteiger partial charge in [0.2, 0.25) is 15.9 Å². The SMILES string of the molecule is CS(=O)(=O)NCCCNc1ccc(N)c(OCC2CC2)n1. The molecule has 1 aromatic rings. The molecule has 118 valence electrons. The highest BCUT2D eigenvalue weighted by Crippen LogP contribution is 2.30. The Morgan fingerprint density at radius 3 is 2.81 bits per heavy atom. The summed E-state index contributed by atoms with van der Waals surface area (Å²) < 4.78 is 29.8. The van der Waals surface area contributed by atoms with Gasteiger partial charge < -0.3 is 15.8 Å². The van der Waals surface area contributed by atoms with Gasteiger partial charge in [-0.15, -0.1) is 0 Å². The van der Waals surface area contributed by atoms with Crippen molar-refractivity contribution in [3.8, 4) is 5.88 Å². The van der Waals surface area contributed by atoms with Crippen LogP contribution in [0.3, 0.4) is 0 Å². The van der Waals surface area contributed by atoms with E-state index in [1.807, 2.05) is 0 Å². The van der Waals surface area contributed by atoms with Crippen molar-refractivity contribution in [3.05, 3.63) is 12.1 Å². The van der Waals surface area contributed by atoms with E-state index in [-0.39, 0.29) is 0 Å². The molecule has 0 radical (unpaired) electrons. The summed E-state index contributed by atoms with van der Waals surface area (Å²) >= 11 is 0. The van der Waals surface area contributed by atoms with E-state index in [1.54, 1.807) is 12.1 Å². The molecule has 4 N–H and O–H groups in total. The van der Waals surface area contributed by atoms with Crippen LogP contribution in [0, 0.1) is 5.92 Å². The zero-order valence-corrected chi connectivity index (χ0v) is 12.9. The normalized spacial score (nSPS) is 14.9. The maximum Gasteiger partial charge on any atom is 0.239 e. The number of nitrogens with two attached hydrogens (primary N) is 1. The van der Waals surface area contributed by atoms with Crippen LogP contribution in [0.2, 0.25) is 0 Å². The molecule has 1 aromatic heterocycles. The van der Waals surface area contributed by atoms with Gasteiger partial charge in [-0.1, -0.05) is 0 Å². The lowest BCUT2D eigenvalue weighted by Gasteiger charge is -2.10. The van der Waals surface area contributed by atoms with Gasteiger partial charge in [0.05, 0.1) is 18.6 Å². The molecule has 1 heterocycles. The standard InChI is InChI=1S/C13H22N4O3S/c1-21(18,19)16-8-2-7-15-12-6-5-11(14)13(17-12)20-9-10-3-4-10/h5-6,10,16H,2-4,7-9,14H2,1H3,(H,15,17). The summed E-state index contributed by atoms with van der Waals surface area (Å²) in [4.78, 5) is 4.32. The lowest BCUT2D eigenvalue weighted by molar-refractivity contribution is 0.290. The number of nitrogens with one attached hydrogen (secondary N) is 2. The third-order valence-corrected chi connectivity index (χ3v) is 3.79. The molecular formula is C13H22N4O3S. The maximum atomic E-state index is 10.9. The number of aromatic nitrogens is 1. The fourth-order valence-electron chi connectivity index (χ4n) is 1.71. The van der Waals surface area contributed by atoms with Crippen molar-refractivity contribution in [1.82, 2.24) is 9.71 Å². The van der Waals surface area contributed by atoms with E-state index in [4.69, 9.17) is 10.5 Å². The van der Waals surface area contributed by atoms with Gasteiger partial charge in [-0.2, -0.15) is 4.98 Å². The number of nitrogen functional groups attached to an aromatic ring is 1. The smallest absolute Gasteiger partial charge is 0.239 e. The van der Waals surface area contributed by atoms with E-state index in [0.717, 1.165) is 6.26 Å². The number of pyridine rings is 1. The second-order valence-corrected chi connectivity index (χ2v) is 7.13. The molecule has 1 fully saturated rings. The Kier molecular flexibility index (Phi) is 5.24. The fourth-order valence-corrected chi connectivity index (χ4v) is 2.22. The minimum atomic E-state index is -3.12. The summed E-state index contributed by atoms with van der Waals surface area (Å²) in [5.74, 6) is 1.78. The molecule has 8 heteroatoms. The highest BCUT2D eigenvalue weighted by Gasteiger charge is 2.22. The molecule has 1 aliphatic rings. The monoisotopic (exact) mass is 314 g/mol. The van der Waals surface area contributed by atoms with Gasteiger partial charge in [-0.25, -0.2) is 13.1 Å². The molecule has 0 amide bonds. The number of nitrogens with zero attached hydrogens (tertiary/aromatic N) is 1. The Hall–Kier alpha value is -1.54. The van der Waals surface area contributed by atoms with Gasteiger partial charge in [0.15, 0.2) is 0 Å². The van der Waals surface area contributed by atoms with Crippen molar-refractivity contribution in [2.45, 2.75) is 19.3 Å². The van der Waals surface area contributed by atoms with E-state index in [1.165, 1.54) is 12.8 Å². The predicted molar refractivity (Wildman–Crippen MR) is 82.8 cm³/mol. The van der Waals surface area contributed by atoms with E-state index >= 15 is 0 Å². The van der Waals surface area contributed by atoms with Crippen LogP contribution >= 0.6 is 0 Å². The Labute approximate surface area is 125 Å². The number of hydrogen-bond donors (Lipinski definition) is 3. The highest BCUT2D eigenvalue weighted by atomic mass is 32.2. The second-order valence-electron chi connectivity index (χ2n) is 5.29. The molecule has 2 rings (SSSR count). The summed E-state index contributed by atoms with van der Waals surface area (Å²) in [6.07, 6.45) is 4.24. The first-order valence-electron chi connectivity index (χ1n) is 7.02. The Bertz CT molecular complexity index is 573. The summed E-state index contributed by atoms with van der Waals surface area (Å²) in [5.41, 5.74) is 6.36. The number of ether oxygens (including phenoxy) is 1. The number of rotatable bonds is 9. The Morgan fingerprint density at radius 1 is 1.38 bits per heavy atom. The molecule has 0 saturated heterocycles. The second kappa shape index (κ2) is 6.95. The van der Waals surface area contributed by atoms with Crippen molar-refractivity contribution in [3.63, 3.8) is 0 Å². The topological polar surface area (TPSA) is 106 Å². The zero-order chi connectivity index (χ0) is 15.3. The first-order valence-corrected chi connectivity index (χ1v) is 8.91. The molecule has 0 aromatic carbocycles. The molecule has 1 saturated carbocycles. The lowest BCUT2D eigenvalue weighted by Crippen LogP contribution is -2.24. The highest BCUT2D eigenvalue weighted by molar-refractivity contribution is 7.88. The molecule has 0 spiro atoms. The summed E-state index contributed by atoms with van der Waals surface area (Å²) in [5, 5.41) is 3.12. The van der Waals surface area contributed by atoms with Crippen molar-refractivity contribution in [1.29, 1.82) is 0 Å². The van der Waals surface area contributed by atoms with E-state index in [9.17, 15) is 8.42 Å². The Morgan fingerprint density at radius 2 is 2.14 bits per heavy atom. The van der Waals surface area contributed by atoms with E-state index in [2.05, 4.69) is 15.0 Å². The van der Waals surface area contributed by atoms with Crippen LogP contribution in [0.5, 0.6) is 5.88 Å². The maximum absolute atomic E-state index is 10.9. The average Bonchev–Trinajstić information content (AvgIpc) is 3.21. The first kappa shape index (κ1) is 15.8. The number of hydrogen-bond acceptors (Lipinski definition) is 6. The molecular weight excluding hydrogens is 292 g/mol. The number of anilines is 2. The molecule has 0 unspecified atom stereocenters. The average molecular weight is 314 g/mol. The van der Waals surface area contributed by atoms with Gasteiger partial charge in [0.1, 0.15) is 5.82 Å². The summed E-state index contributed by atoms with van der Waals surface area (Å²) in [6, 6.07) is 3.54. The first-order chi connectivity index (χ1) is 9.94. The number of sulfonamides is 1.